The van der Waals surface area contributed by atoms with Crippen molar-refractivity contribution in [1.29, 1.82) is 0 Å². The van der Waals surface area contributed by atoms with E-state index in [4.69, 9.17) is 0 Å². The smallest absolute Gasteiger partial charge is 0.225 e. The molecule has 92 valence electrons. The Morgan fingerprint density at radius 1 is 1.06 bits per heavy atom. The first-order valence-electron chi connectivity index (χ1n) is 5.39. The summed E-state index contributed by atoms with van der Waals surface area (Å²) in [4.78, 5) is 36.4. The lowest BCUT2D eigenvalue weighted by Crippen LogP contribution is -2.17. The molecular weight excluding hydrogens is 222 g/mol. The van der Waals surface area contributed by atoms with Crippen molar-refractivity contribution < 1.29 is 9.59 Å². The fourth-order valence-corrected chi connectivity index (χ4v) is 1.16. The number of H-pyrrole nitrogens is 1. The molecule has 0 saturated carbocycles. The summed E-state index contributed by atoms with van der Waals surface area (Å²) in [5.74, 6) is 0.130. The summed E-state index contributed by atoms with van der Waals surface area (Å²) in [5, 5.41) is 5.04. The van der Waals surface area contributed by atoms with Gasteiger partial charge in [-0.15, -0.1) is 0 Å². The Bertz CT molecular complexity index is 440. The zero-order valence-corrected chi connectivity index (χ0v) is 9.79. The van der Waals surface area contributed by atoms with Crippen LogP contribution in [0.1, 0.15) is 26.7 Å². The molecule has 17 heavy (non-hydrogen) atoms. The van der Waals surface area contributed by atoms with E-state index in [1.54, 1.807) is 13.8 Å². The van der Waals surface area contributed by atoms with Crippen molar-refractivity contribution in [2.24, 2.45) is 0 Å². The van der Waals surface area contributed by atoms with Gasteiger partial charge in [-0.25, -0.2) is 0 Å². The van der Waals surface area contributed by atoms with Gasteiger partial charge >= 0.3 is 0 Å². The maximum Gasteiger partial charge on any atom is 0.225 e. The minimum atomic E-state index is -0.290. The molecule has 3 N–H and O–H groups in total. The summed E-state index contributed by atoms with van der Waals surface area (Å²) in [5.41, 5.74) is -0.290. The number of rotatable bonds is 4. The summed E-state index contributed by atoms with van der Waals surface area (Å²) in [7, 11) is 0. The van der Waals surface area contributed by atoms with Crippen molar-refractivity contribution in [3.05, 3.63) is 22.4 Å². The zero-order valence-electron chi connectivity index (χ0n) is 9.79. The first-order valence-corrected chi connectivity index (χ1v) is 5.39. The molecule has 0 aliphatic rings. The normalized spacial score (nSPS) is 9.76. The standard InChI is InChI=1S/C11H15N3O3/c1-3-10(16)13-8-5-7(15)6-9(12-8)14-11(17)4-2/h5-6H,3-4H2,1-2H3,(H3,12,13,14,15,16,17). The summed E-state index contributed by atoms with van der Waals surface area (Å²) < 4.78 is 0. The second-order valence-electron chi connectivity index (χ2n) is 3.45. The molecule has 0 fully saturated rings. The van der Waals surface area contributed by atoms with Gasteiger partial charge in [-0.1, -0.05) is 13.8 Å². The first-order chi connectivity index (χ1) is 8.05. The Kier molecular flexibility index (Phi) is 4.45. The molecule has 0 saturated heterocycles. The highest BCUT2D eigenvalue weighted by Gasteiger charge is 2.04. The van der Waals surface area contributed by atoms with Gasteiger partial charge < -0.3 is 15.6 Å². The SMILES string of the molecule is CCC(=O)Nc1cc(=O)cc(NC(=O)CC)[nH]1. The molecule has 2 amide bonds. The Morgan fingerprint density at radius 3 is 1.82 bits per heavy atom. The molecule has 0 aliphatic heterocycles. The maximum atomic E-state index is 11.3. The second kappa shape index (κ2) is 5.83. The lowest BCUT2D eigenvalue weighted by atomic mass is 10.3. The fraction of sp³-hybridized carbons (Fsp3) is 0.364. The van der Waals surface area contributed by atoms with E-state index in [-0.39, 0.29) is 28.9 Å². The van der Waals surface area contributed by atoms with E-state index in [1.807, 2.05) is 0 Å². The molecule has 0 atom stereocenters. The third kappa shape index (κ3) is 4.10. The minimum Gasteiger partial charge on any atom is -0.328 e. The topological polar surface area (TPSA) is 91.1 Å². The summed E-state index contributed by atoms with van der Waals surface area (Å²) in [6.45, 7) is 3.41. The third-order valence-electron chi connectivity index (χ3n) is 2.03. The van der Waals surface area contributed by atoms with E-state index in [9.17, 15) is 14.4 Å². The van der Waals surface area contributed by atoms with Gasteiger partial charge in [-0.2, -0.15) is 0 Å². The van der Waals surface area contributed by atoms with Crippen molar-refractivity contribution in [3.8, 4) is 0 Å². The zero-order chi connectivity index (χ0) is 12.8. The quantitative estimate of drug-likeness (QED) is 0.731. The Hall–Kier alpha value is -2.11. The van der Waals surface area contributed by atoms with Crippen LogP contribution in [0.3, 0.4) is 0 Å². The van der Waals surface area contributed by atoms with E-state index in [1.165, 1.54) is 12.1 Å². The number of hydrogen-bond acceptors (Lipinski definition) is 3. The monoisotopic (exact) mass is 237 g/mol. The number of nitrogens with one attached hydrogen (secondary N) is 3. The number of carbonyl (C=O) groups is 2. The molecule has 0 radical (unpaired) electrons. The maximum absolute atomic E-state index is 11.3. The van der Waals surface area contributed by atoms with Crippen LogP contribution in [0.25, 0.3) is 0 Å². The molecular formula is C11H15N3O3. The van der Waals surface area contributed by atoms with Gasteiger partial charge in [0.2, 0.25) is 11.8 Å². The molecule has 1 aromatic heterocycles. The molecule has 6 nitrogen and oxygen atoms in total. The highest BCUT2D eigenvalue weighted by molar-refractivity contribution is 5.91. The average molecular weight is 237 g/mol. The van der Waals surface area contributed by atoms with E-state index in [0.29, 0.717) is 12.8 Å². The first kappa shape index (κ1) is 13.0. The van der Waals surface area contributed by atoms with E-state index in [2.05, 4.69) is 15.6 Å². The van der Waals surface area contributed by atoms with Crippen LogP contribution in [0, 0.1) is 0 Å². The van der Waals surface area contributed by atoms with Crippen LogP contribution in [0.5, 0.6) is 0 Å². The average Bonchev–Trinajstić information content (AvgIpc) is 2.27. The highest BCUT2D eigenvalue weighted by atomic mass is 16.2. The molecule has 0 bridgehead atoms. The predicted molar refractivity (Wildman–Crippen MR) is 64.9 cm³/mol. The van der Waals surface area contributed by atoms with Gasteiger partial charge in [0, 0.05) is 25.0 Å². The Labute approximate surface area is 98.4 Å². The second-order valence-corrected chi connectivity index (χ2v) is 3.45. The molecule has 1 heterocycles. The van der Waals surface area contributed by atoms with Crippen LogP contribution >= 0.6 is 0 Å². The van der Waals surface area contributed by atoms with Crippen molar-refractivity contribution >= 4 is 23.5 Å². The predicted octanol–water partition coefficient (Wildman–Crippen LogP) is 1.07. The van der Waals surface area contributed by atoms with Crippen LogP contribution < -0.4 is 16.1 Å². The highest BCUT2D eigenvalue weighted by Crippen LogP contribution is 2.06. The van der Waals surface area contributed by atoms with Gasteiger partial charge in [-0.3, -0.25) is 14.4 Å². The summed E-state index contributed by atoms with van der Waals surface area (Å²) in [6.07, 6.45) is 0.626. The summed E-state index contributed by atoms with van der Waals surface area (Å²) >= 11 is 0. The number of anilines is 2. The fourth-order valence-electron chi connectivity index (χ4n) is 1.16. The van der Waals surface area contributed by atoms with Gasteiger partial charge in [0.15, 0.2) is 5.43 Å². The minimum absolute atomic E-state index is 0.209. The molecule has 6 heteroatoms. The molecule has 0 aromatic carbocycles. The molecule has 1 rings (SSSR count). The van der Waals surface area contributed by atoms with Crippen LogP contribution in [-0.2, 0) is 9.59 Å². The number of carbonyl (C=O) groups excluding carboxylic acids is 2. The lowest BCUT2D eigenvalue weighted by Gasteiger charge is -2.07. The van der Waals surface area contributed by atoms with Gasteiger partial charge in [0.05, 0.1) is 0 Å². The van der Waals surface area contributed by atoms with Crippen molar-refractivity contribution in [3.63, 3.8) is 0 Å². The van der Waals surface area contributed by atoms with Crippen LogP contribution in [0.2, 0.25) is 0 Å². The molecule has 1 aromatic rings. The number of aromatic nitrogens is 1. The van der Waals surface area contributed by atoms with Crippen molar-refractivity contribution in [1.82, 2.24) is 4.98 Å². The van der Waals surface area contributed by atoms with Gasteiger partial charge in [-0.05, 0) is 0 Å². The third-order valence-corrected chi connectivity index (χ3v) is 2.03. The van der Waals surface area contributed by atoms with E-state index >= 15 is 0 Å². The van der Waals surface area contributed by atoms with E-state index in [0.717, 1.165) is 0 Å². The van der Waals surface area contributed by atoms with Gasteiger partial charge in [0.25, 0.3) is 0 Å². The van der Waals surface area contributed by atoms with Crippen molar-refractivity contribution in [2.45, 2.75) is 26.7 Å². The number of amides is 2. The van der Waals surface area contributed by atoms with Crippen LogP contribution in [-0.4, -0.2) is 16.8 Å². The number of pyridine rings is 1. The number of hydrogen-bond donors (Lipinski definition) is 3. The Balaban J connectivity index is 2.90. The molecule has 0 unspecified atom stereocenters. The van der Waals surface area contributed by atoms with E-state index < -0.39 is 0 Å². The van der Waals surface area contributed by atoms with Gasteiger partial charge in [0.1, 0.15) is 11.6 Å². The number of aromatic amines is 1. The molecule has 0 aliphatic carbocycles. The van der Waals surface area contributed by atoms with Crippen LogP contribution in [0.15, 0.2) is 16.9 Å². The van der Waals surface area contributed by atoms with Crippen LogP contribution in [0.4, 0.5) is 11.6 Å². The summed E-state index contributed by atoms with van der Waals surface area (Å²) in [6, 6.07) is 2.52. The lowest BCUT2D eigenvalue weighted by molar-refractivity contribution is -0.116. The van der Waals surface area contributed by atoms with Crippen molar-refractivity contribution in [2.75, 3.05) is 10.6 Å². The molecule has 0 spiro atoms. The Morgan fingerprint density at radius 2 is 1.47 bits per heavy atom. The largest absolute Gasteiger partial charge is 0.328 e.